The molecule has 0 atom stereocenters. The Labute approximate surface area is 118 Å². The molecule has 0 radical (unpaired) electrons. The van der Waals surface area contributed by atoms with Gasteiger partial charge in [0.2, 0.25) is 0 Å². The molecule has 1 aliphatic heterocycles. The molecule has 0 saturated carbocycles. The van der Waals surface area contributed by atoms with Crippen LogP contribution in [-0.2, 0) is 0 Å². The van der Waals surface area contributed by atoms with Crippen molar-refractivity contribution in [2.45, 2.75) is 19.3 Å². The van der Waals surface area contributed by atoms with E-state index in [4.69, 9.17) is 11.6 Å². The van der Waals surface area contributed by atoms with Gasteiger partial charge in [0, 0.05) is 10.0 Å². The predicted molar refractivity (Wildman–Crippen MR) is 74.5 cm³/mol. The molecule has 94 valence electrons. The molecule has 0 amide bonds. The Morgan fingerprint density at radius 3 is 2.94 bits per heavy atom. The Bertz CT molecular complexity index is 568. The lowest BCUT2D eigenvalue weighted by atomic mass is 10.0. The maximum Gasteiger partial charge on any atom is 0.149 e. The summed E-state index contributed by atoms with van der Waals surface area (Å²) < 4.78 is 14.7. The maximum absolute atomic E-state index is 13.9. The van der Waals surface area contributed by atoms with Gasteiger partial charge in [-0.25, -0.2) is 9.40 Å². The molecule has 3 rings (SSSR count). The predicted octanol–water partition coefficient (Wildman–Crippen LogP) is 4.43. The minimum atomic E-state index is -0.310. The summed E-state index contributed by atoms with van der Waals surface area (Å²) in [5.74, 6) is -0.310. The molecule has 2 aliphatic rings. The van der Waals surface area contributed by atoms with Gasteiger partial charge in [0.15, 0.2) is 0 Å². The van der Waals surface area contributed by atoms with Crippen LogP contribution in [0, 0.1) is 5.82 Å². The highest BCUT2D eigenvalue weighted by Crippen LogP contribution is 2.37. The van der Waals surface area contributed by atoms with Crippen molar-refractivity contribution in [2.75, 3.05) is 5.01 Å². The van der Waals surface area contributed by atoms with Gasteiger partial charge in [0.25, 0.3) is 0 Å². The van der Waals surface area contributed by atoms with Crippen LogP contribution in [0.15, 0.2) is 45.2 Å². The molecule has 18 heavy (non-hydrogen) atoms. The highest BCUT2D eigenvalue weighted by Gasteiger charge is 2.28. The summed E-state index contributed by atoms with van der Waals surface area (Å²) in [5, 5.41) is 2.18. The quantitative estimate of drug-likeness (QED) is 0.767. The summed E-state index contributed by atoms with van der Waals surface area (Å²) in [6.45, 7) is 0. The monoisotopic (exact) mass is 328 g/mol. The Morgan fingerprint density at radius 2 is 2.22 bits per heavy atom. The molecule has 1 N–H and O–H groups in total. The van der Waals surface area contributed by atoms with Crippen LogP contribution in [0.5, 0.6) is 0 Å². The molecule has 0 saturated heterocycles. The molecule has 0 bridgehead atoms. The van der Waals surface area contributed by atoms with Gasteiger partial charge in [-0.2, -0.15) is 0 Å². The fourth-order valence-electron chi connectivity index (χ4n) is 2.24. The van der Waals surface area contributed by atoms with Gasteiger partial charge >= 0.3 is 0 Å². The zero-order valence-electron chi connectivity index (χ0n) is 9.51. The summed E-state index contributed by atoms with van der Waals surface area (Å²) in [6.07, 6.45) is 5.17. The number of fused-ring (bicyclic) bond motifs is 1. The summed E-state index contributed by atoms with van der Waals surface area (Å²) >= 11 is 9.57. The fraction of sp³-hybridized carbons (Fsp3) is 0.231. The van der Waals surface area contributed by atoms with Crippen LogP contribution < -0.4 is 10.4 Å². The molecule has 1 heterocycles. The van der Waals surface area contributed by atoms with Crippen molar-refractivity contribution in [1.29, 1.82) is 0 Å². The summed E-state index contributed by atoms with van der Waals surface area (Å²) in [7, 11) is 0. The first-order chi connectivity index (χ1) is 8.66. The Hall–Kier alpha value is -1.00. The highest BCUT2D eigenvalue weighted by atomic mass is 79.9. The van der Waals surface area contributed by atoms with Crippen LogP contribution in [0.1, 0.15) is 19.3 Å². The molecule has 0 spiro atoms. The lowest BCUT2D eigenvalue weighted by molar-refractivity contribution is 0.620. The van der Waals surface area contributed by atoms with Gasteiger partial charge in [-0.1, -0.05) is 33.6 Å². The third kappa shape index (κ3) is 1.93. The lowest BCUT2D eigenvalue weighted by Crippen LogP contribution is -2.30. The first-order valence-electron chi connectivity index (χ1n) is 5.78. The number of hydrogen-bond donors (Lipinski definition) is 1. The second kappa shape index (κ2) is 4.59. The van der Waals surface area contributed by atoms with Crippen molar-refractivity contribution in [3.8, 4) is 0 Å². The third-order valence-corrected chi connectivity index (χ3v) is 4.02. The molecule has 0 fully saturated rings. The average molecular weight is 330 g/mol. The minimum Gasteiger partial charge on any atom is -0.293 e. The van der Waals surface area contributed by atoms with Crippen LogP contribution in [0.2, 0.25) is 0 Å². The van der Waals surface area contributed by atoms with Gasteiger partial charge < -0.3 is 0 Å². The van der Waals surface area contributed by atoms with E-state index < -0.39 is 0 Å². The van der Waals surface area contributed by atoms with Crippen molar-refractivity contribution < 1.29 is 4.39 Å². The van der Waals surface area contributed by atoms with E-state index in [1.165, 1.54) is 6.07 Å². The SMILES string of the molecule is Fc1cc(Br)ccc1N1NC2=CCCCC2=C1Cl. The van der Waals surface area contributed by atoms with E-state index >= 15 is 0 Å². The van der Waals surface area contributed by atoms with Crippen molar-refractivity contribution >= 4 is 33.2 Å². The van der Waals surface area contributed by atoms with E-state index in [0.29, 0.717) is 15.3 Å². The van der Waals surface area contributed by atoms with Crippen molar-refractivity contribution in [2.24, 2.45) is 0 Å². The topological polar surface area (TPSA) is 15.3 Å². The van der Waals surface area contributed by atoms with Crippen molar-refractivity contribution in [3.05, 3.63) is 51.0 Å². The molecule has 0 aromatic heterocycles. The van der Waals surface area contributed by atoms with Crippen molar-refractivity contribution in [3.63, 3.8) is 0 Å². The standard InChI is InChI=1S/C13H11BrClFN2/c14-8-5-6-12(10(16)7-8)18-13(15)9-3-1-2-4-11(9)17-18/h4-7,17H,1-3H2. The molecule has 2 nitrogen and oxygen atoms in total. The normalized spacial score (nSPS) is 18.6. The Kier molecular flexibility index (Phi) is 3.08. The van der Waals surface area contributed by atoms with E-state index in [-0.39, 0.29) is 5.82 Å². The van der Waals surface area contributed by atoms with Crippen LogP contribution in [0.3, 0.4) is 0 Å². The summed E-state index contributed by atoms with van der Waals surface area (Å²) in [6, 6.07) is 4.93. The van der Waals surface area contributed by atoms with Gasteiger partial charge in [-0.05, 0) is 37.5 Å². The van der Waals surface area contributed by atoms with Crippen LogP contribution >= 0.6 is 27.5 Å². The smallest absolute Gasteiger partial charge is 0.149 e. The van der Waals surface area contributed by atoms with Gasteiger partial charge in [-0.15, -0.1) is 0 Å². The molecular formula is C13H11BrClFN2. The second-order valence-electron chi connectivity index (χ2n) is 4.32. The number of anilines is 1. The van der Waals surface area contributed by atoms with Gasteiger partial charge in [-0.3, -0.25) is 5.43 Å². The first kappa shape index (κ1) is 12.1. The number of hydrogen-bond acceptors (Lipinski definition) is 2. The number of halogens is 3. The van der Waals surface area contributed by atoms with Crippen molar-refractivity contribution in [1.82, 2.24) is 5.43 Å². The highest BCUT2D eigenvalue weighted by molar-refractivity contribution is 9.10. The summed E-state index contributed by atoms with van der Waals surface area (Å²) in [5.41, 5.74) is 5.67. The number of benzene rings is 1. The summed E-state index contributed by atoms with van der Waals surface area (Å²) in [4.78, 5) is 0. The van der Waals surface area contributed by atoms with Gasteiger partial charge in [0.1, 0.15) is 11.0 Å². The van der Waals surface area contributed by atoms with E-state index in [2.05, 4.69) is 27.4 Å². The minimum absolute atomic E-state index is 0.310. The fourth-order valence-corrected chi connectivity index (χ4v) is 2.91. The van der Waals surface area contributed by atoms with Gasteiger partial charge in [0.05, 0.1) is 11.4 Å². The zero-order chi connectivity index (χ0) is 12.7. The molecule has 1 aromatic rings. The van der Waals surface area contributed by atoms with Crippen LogP contribution in [0.25, 0.3) is 0 Å². The first-order valence-corrected chi connectivity index (χ1v) is 6.95. The lowest BCUT2D eigenvalue weighted by Gasteiger charge is -2.20. The number of nitrogens with zero attached hydrogens (tertiary/aromatic N) is 1. The number of allylic oxidation sites excluding steroid dienone is 2. The molecule has 0 unspecified atom stereocenters. The maximum atomic E-state index is 13.9. The number of rotatable bonds is 1. The third-order valence-electron chi connectivity index (χ3n) is 3.13. The average Bonchev–Trinajstić information content (AvgIpc) is 2.68. The number of hydrazine groups is 1. The largest absolute Gasteiger partial charge is 0.293 e. The zero-order valence-corrected chi connectivity index (χ0v) is 11.9. The molecule has 5 heteroatoms. The second-order valence-corrected chi connectivity index (χ2v) is 5.60. The Morgan fingerprint density at radius 1 is 1.39 bits per heavy atom. The van der Waals surface area contributed by atoms with E-state index in [1.54, 1.807) is 17.1 Å². The van der Waals surface area contributed by atoms with E-state index in [9.17, 15) is 4.39 Å². The molecule has 1 aliphatic carbocycles. The van der Waals surface area contributed by atoms with Crippen LogP contribution in [-0.4, -0.2) is 0 Å². The molecule has 1 aromatic carbocycles. The Balaban J connectivity index is 2.02. The molecular weight excluding hydrogens is 319 g/mol. The number of nitrogens with one attached hydrogen (secondary N) is 1. The van der Waals surface area contributed by atoms with E-state index in [1.807, 2.05) is 0 Å². The van der Waals surface area contributed by atoms with E-state index in [0.717, 1.165) is 30.5 Å². The van der Waals surface area contributed by atoms with Crippen LogP contribution in [0.4, 0.5) is 10.1 Å².